The molecule has 0 bridgehead atoms. The summed E-state index contributed by atoms with van der Waals surface area (Å²) < 4.78 is 5.20. The zero-order chi connectivity index (χ0) is 21.1. The summed E-state index contributed by atoms with van der Waals surface area (Å²) in [5.41, 5.74) is 3.55. The summed E-state index contributed by atoms with van der Waals surface area (Å²) in [5.74, 6) is 3.29. The van der Waals surface area contributed by atoms with Crippen LogP contribution in [0.15, 0.2) is 24.3 Å². The molecule has 0 spiro atoms. The highest BCUT2D eigenvalue weighted by atomic mass is 16.5. The van der Waals surface area contributed by atoms with Gasteiger partial charge in [-0.3, -0.25) is 4.79 Å². The number of piperidine rings is 1. The van der Waals surface area contributed by atoms with Crippen LogP contribution in [0.4, 0.5) is 5.82 Å². The zero-order valence-corrected chi connectivity index (χ0v) is 18.4. The molecule has 1 unspecified atom stereocenters. The Morgan fingerprint density at radius 3 is 2.73 bits per heavy atom. The largest absolute Gasteiger partial charge is 0.497 e. The minimum Gasteiger partial charge on any atom is -0.497 e. The monoisotopic (exact) mass is 408 g/mol. The summed E-state index contributed by atoms with van der Waals surface area (Å²) in [5, 5.41) is 0. The predicted octanol–water partition coefficient (Wildman–Crippen LogP) is 3.51. The Kier molecular flexibility index (Phi) is 6.21. The van der Waals surface area contributed by atoms with E-state index in [0.29, 0.717) is 6.42 Å². The number of ether oxygens (including phenoxy) is 1. The van der Waals surface area contributed by atoms with Gasteiger partial charge in [0.2, 0.25) is 5.91 Å². The SMILES string of the molecule is COc1ccc(CCC(=O)N2CCCC(c3nc(C)c4c(n3)N(C)CCC4)C2)cc1. The van der Waals surface area contributed by atoms with Crippen LogP contribution in [0.1, 0.15) is 54.2 Å². The first-order valence-corrected chi connectivity index (χ1v) is 11.0. The van der Waals surface area contributed by atoms with Crippen LogP contribution in [0.3, 0.4) is 0 Å². The molecule has 2 aliphatic rings. The van der Waals surface area contributed by atoms with Crippen LogP contribution in [-0.2, 0) is 17.6 Å². The fraction of sp³-hybridized carbons (Fsp3) is 0.542. The standard InChI is InChI=1S/C24H32N4O2/c1-17-21-7-5-14-27(2)24(21)26-23(25-17)19-6-4-15-28(16-19)22(29)13-10-18-8-11-20(30-3)12-9-18/h8-9,11-12,19H,4-7,10,13-16H2,1-3H3. The van der Waals surface area contributed by atoms with Crippen LogP contribution >= 0.6 is 0 Å². The molecule has 4 rings (SSSR count). The Bertz CT molecular complexity index is 897. The number of methoxy groups -OCH3 is 1. The van der Waals surface area contributed by atoms with Crippen molar-refractivity contribution in [3.63, 3.8) is 0 Å². The summed E-state index contributed by atoms with van der Waals surface area (Å²) >= 11 is 0. The number of carbonyl (C=O) groups excluding carboxylic acids is 1. The molecule has 1 saturated heterocycles. The number of anilines is 1. The van der Waals surface area contributed by atoms with E-state index in [9.17, 15) is 4.79 Å². The van der Waals surface area contributed by atoms with E-state index in [4.69, 9.17) is 14.7 Å². The van der Waals surface area contributed by atoms with E-state index >= 15 is 0 Å². The third-order valence-electron chi connectivity index (χ3n) is 6.42. The Morgan fingerprint density at radius 1 is 1.17 bits per heavy atom. The van der Waals surface area contributed by atoms with Crippen molar-refractivity contribution >= 4 is 11.7 Å². The van der Waals surface area contributed by atoms with Gasteiger partial charge >= 0.3 is 0 Å². The Balaban J connectivity index is 1.41. The number of rotatable bonds is 5. The van der Waals surface area contributed by atoms with Gasteiger partial charge in [0.25, 0.3) is 0 Å². The first-order valence-electron chi connectivity index (χ1n) is 11.0. The number of amides is 1. The van der Waals surface area contributed by atoms with Gasteiger partial charge in [0.1, 0.15) is 17.4 Å². The van der Waals surface area contributed by atoms with E-state index in [1.165, 1.54) is 5.56 Å². The van der Waals surface area contributed by atoms with Gasteiger partial charge in [0.05, 0.1) is 7.11 Å². The smallest absolute Gasteiger partial charge is 0.222 e. The van der Waals surface area contributed by atoms with Crippen LogP contribution in [0.5, 0.6) is 5.75 Å². The minimum atomic E-state index is 0.224. The molecule has 1 atom stereocenters. The second kappa shape index (κ2) is 9.02. The van der Waals surface area contributed by atoms with E-state index in [-0.39, 0.29) is 11.8 Å². The summed E-state index contributed by atoms with van der Waals surface area (Å²) in [4.78, 5) is 26.9. The highest BCUT2D eigenvalue weighted by Gasteiger charge is 2.28. The van der Waals surface area contributed by atoms with Crippen molar-refractivity contribution in [3.8, 4) is 5.75 Å². The van der Waals surface area contributed by atoms with Gasteiger partial charge in [0, 0.05) is 50.3 Å². The third-order valence-corrected chi connectivity index (χ3v) is 6.42. The molecule has 2 aromatic rings. The quantitative estimate of drug-likeness (QED) is 0.758. The lowest BCUT2D eigenvalue weighted by atomic mass is 9.95. The molecule has 1 amide bonds. The number of hydrogen-bond acceptors (Lipinski definition) is 5. The molecular weight excluding hydrogens is 376 g/mol. The van der Waals surface area contributed by atoms with Gasteiger partial charge in [-0.1, -0.05) is 12.1 Å². The summed E-state index contributed by atoms with van der Waals surface area (Å²) in [6, 6.07) is 7.96. The molecule has 1 fully saturated rings. The average molecular weight is 409 g/mol. The second-order valence-electron chi connectivity index (χ2n) is 8.52. The molecule has 1 aromatic carbocycles. The molecule has 0 aliphatic carbocycles. The first-order chi connectivity index (χ1) is 14.5. The molecule has 160 valence electrons. The fourth-order valence-corrected chi connectivity index (χ4v) is 4.61. The summed E-state index contributed by atoms with van der Waals surface area (Å²) in [7, 11) is 3.78. The number of fused-ring (bicyclic) bond motifs is 1. The average Bonchev–Trinajstić information content (AvgIpc) is 2.78. The number of nitrogens with zero attached hydrogens (tertiary/aromatic N) is 4. The number of likely N-dealkylation sites (tertiary alicyclic amines) is 1. The molecule has 30 heavy (non-hydrogen) atoms. The number of benzene rings is 1. The summed E-state index contributed by atoms with van der Waals surface area (Å²) in [6.45, 7) is 4.71. The molecule has 0 radical (unpaired) electrons. The summed E-state index contributed by atoms with van der Waals surface area (Å²) in [6.07, 6.45) is 5.56. The highest BCUT2D eigenvalue weighted by molar-refractivity contribution is 5.76. The van der Waals surface area contributed by atoms with E-state index in [1.54, 1.807) is 7.11 Å². The van der Waals surface area contributed by atoms with Crippen molar-refractivity contribution in [2.24, 2.45) is 0 Å². The molecule has 6 heteroatoms. The normalized spacial score (nSPS) is 18.8. The van der Waals surface area contributed by atoms with E-state index in [0.717, 1.165) is 80.4 Å². The molecule has 3 heterocycles. The van der Waals surface area contributed by atoms with Crippen molar-refractivity contribution < 1.29 is 9.53 Å². The number of hydrogen-bond donors (Lipinski definition) is 0. The van der Waals surface area contributed by atoms with Gasteiger partial charge in [0.15, 0.2) is 0 Å². The van der Waals surface area contributed by atoms with Crippen LogP contribution in [-0.4, -0.2) is 54.6 Å². The van der Waals surface area contributed by atoms with Crippen molar-refractivity contribution in [2.75, 3.05) is 38.7 Å². The number of aryl methyl sites for hydroxylation is 2. The molecule has 1 aromatic heterocycles. The first kappa shape index (κ1) is 20.6. The van der Waals surface area contributed by atoms with Crippen molar-refractivity contribution in [1.82, 2.24) is 14.9 Å². The van der Waals surface area contributed by atoms with Crippen molar-refractivity contribution in [2.45, 2.75) is 51.4 Å². The molecule has 0 saturated carbocycles. The van der Waals surface area contributed by atoms with Gasteiger partial charge in [-0.2, -0.15) is 0 Å². The van der Waals surface area contributed by atoms with E-state index < -0.39 is 0 Å². The maximum absolute atomic E-state index is 12.9. The van der Waals surface area contributed by atoms with Crippen molar-refractivity contribution in [3.05, 3.63) is 46.9 Å². The fourth-order valence-electron chi connectivity index (χ4n) is 4.61. The second-order valence-corrected chi connectivity index (χ2v) is 8.52. The molecular formula is C24H32N4O2. The number of carbonyl (C=O) groups is 1. The van der Waals surface area contributed by atoms with Crippen LogP contribution in [0.2, 0.25) is 0 Å². The molecule has 2 aliphatic heterocycles. The molecule has 0 N–H and O–H groups in total. The topological polar surface area (TPSA) is 58.6 Å². The lowest BCUT2D eigenvalue weighted by Gasteiger charge is -2.33. The van der Waals surface area contributed by atoms with Gasteiger partial charge in [-0.15, -0.1) is 0 Å². The maximum Gasteiger partial charge on any atom is 0.222 e. The molecule has 6 nitrogen and oxygen atoms in total. The number of aromatic nitrogens is 2. The van der Waals surface area contributed by atoms with Crippen LogP contribution in [0, 0.1) is 6.92 Å². The Hall–Kier alpha value is -2.63. The zero-order valence-electron chi connectivity index (χ0n) is 18.4. The Labute approximate surface area is 179 Å². The van der Waals surface area contributed by atoms with Gasteiger partial charge in [-0.05, 0) is 56.7 Å². The third kappa shape index (κ3) is 4.42. The lowest BCUT2D eigenvalue weighted by Crippen LogP contribution is -2.40. The van der Waals surface area contributed by atoms with Gasteiger partial charge in [-0.25, -0.2) is 9.97 Å². The van der Waals surface area contributed by atoms with Crippen molar-refractivity contribution in [1.29, 1.82) is 0 Å². The maximum atomic E-state index is 12.9. The predicted molar refractivity (Wildman–Crippen MR) is 118 cm³/mol. The van der Waals surface area contributed by atoms with Crippen LogP contribution < -0.4 is 9.64 Å². The van der Waals surface area contributed by atoms with E-state index in [1.807, 2.05) is 29.2 Å². The van der Waals surface area contributed by atoms with Gasteiger partial charge < -0.3 is 14.5 Å². The van der Waals surface area contributed by atoms with Crippen LogP contribution in [0.25, 0.3) is 0 Å². The minimum absolute atomic E-state index is 0.224. The lowest BCUT2D eigenvalue weighted by molar-refractivity contribution is -0.132. The van der Waals surface area contributed by atoms with E-state index in [2.05, 4.69) is 18.9 Å². The highest BCUT2D eigenvalue weighted by Crippen LogP contribution is 2.31. The Morgan fingerprint density at radius 2 is 1.97 bits per heavy atom.